The Bertz CT molecular complexity index is 752. The van der Waals surface area contributed by atoms with E-state index in [0.717, 1.165) is 11.8 Å². The number of β-amino-alcohol motifs (C(OH)–C–C–N with tert-alkyl or cyclic N) is 1. The van der Waals surface area contributed by atoms with Gasteiger partial charge in [0.2, 0.25) is 0 Å². The van der Waals surface area contributed by atoms with E-state index in [1.54, 1.807) is 11.6 Å². The highest BCUT2D eigenvalue weighted by molar-refractivity contribution is 7.11. The maximum absolute atomic E-state index is 12.9. The van der Waals surface area contributed by atoms with Gasteiger partial charge >= 0.3 is 6.18 Å². The molecule has 156 valence electrons. The Hall–Kier alpha value is -1.55. The van der Waals surface area contributed by atoms with Crippen molar-refractivity contribution in [2.24, 2.45) is 0 Å². The van der Waals surface area contributed by atoms with Gasteiger partial charge in [0, 0.05) is 38.4 Å². The van der Waals surface area contributed by atoms with Gasteiger partial charge in [0.1, 0.15) is 12.7 Å². The summed E-state index contributed by atoms with van der Waals surface area (Å²) in [6, 6.07) is 5.41. The number of aliphatic hydroxyl groups excluding tert-OH is 1. The van der Waals surface area contributed by atoms with Crippen LogP contribution in [0.3, 0.4) is 0 Å². The van der Waals surface area contributed by atoms with Crippen LogP contribution < -0.4 is 9.64 Å². The van der Waals surface area contributed by atoms with E-state index in [-0.39, 0.29) is 19.0 Å². The van der Waals surface area contributed by atoms with Crippen LogP contribution in [0.4, 0.5) is 18.9 Å². The lowest BCUT2D eigenvalue weighted by Gasteiger charge is -2.37. The number of aliphatic hydroxyl groups is 1. The fourth-order valence-electron chi connectivity index (χ4n) is 3.02. The van der Waals surface area contributed by atoms with Gasteiger partial charge in [0.15, 0.2) is 5.06 Å². The Morgan fingerprint density at radius 2 is 1.96 bits per heavy atom. The van der Waals surface area contributed by atoms with Gasteiger partial charge in [-0.3, -0.25) is 4.90 Å². The number of ether oxygens (including phenoxy) is 1. The van der Waals surface area contributed by atoms with Crippen LogP contribution in [0.25, 0.3) is 0 Å². The number of anilines is 1. The number of rotatable bonds is 6. The van der Waals surface area contributed by atoms with Crippen molar-refractivity contribution in [1.29, 1.82) is 0 Å². The average molecular weight is 438 g/mol. The zero-order valence-electron chi connectivity index (χ0n) is 15.4. The lowest BCUT2D eigenvalue weighted by Crippen LogP contribution is -2.49. The van der Waals surface area contributed by atoms with Crippen LogP contribution >= 0.6 is 23.7 Å². The normalized spacial score (nSPS) is 16.5. The van der Waals surface area contributed by atoms with E-state index in [1.165, 1.54) is 23.5 Å². The second kappa shape index (κ2) is 9.78. The van der Waals surface area contributed by atoms with Crippen molar-refractivity contribution in [2.75, 3.05) is 44.2 Å². The summed E-state index contributed by atoms with van der Waals surface area (Å²) < 4.78 is 44.2. The van der Waals surface area contributed by atoms with Crippen LogP contribution in [0, 0.1) is 6.92 Å². The average Bonchev–Trinajstić information content (AvgIpc) is 3.05. The molecule has 1 saturated heterocycles. The first-order valence-electron chi connectivity index (χ1n) is 8.68. The summed E-state index contributed by atoms with van der Waals surface area (Å²) in [5.74, 6) is 0. The highest BCUT2D eigenvalue weighted by atomic mass is 35.5. The molecule has 2 aromatic rings. The van der Waals surface area contributed by atoms with E-state index >= 15 is 0 Å². The molecule has 1 aliphatic rings. The summed E-state index contributed by atoms with van der Waals surface area (Å²) in [4.78, 5) is 8.13. The van der Waals surface area contributed by atoms with Gasteiger partial charge < -0.3 is 14.7 Å². The molecule has 1 N–H and O–H groups in total. The van der Waals surface area contributed by atoms with Gasteiger partial charge in [-0.15, -0.1) is 12.4 Å². The molecule has 3 rings (SSSR count). The molecule has 1 atom stereocenters. The van der Waals surface area contributed by atoms with Crippen LogP contribution in [-0.2, 0) is 6.18 Å². The van der Waals surface area contributed by atoms with Gasteiger partial charge in [-0.05, 0) is 25.1 Å². The van der Waals surface area contributed by atoms with E-state index in [4.69, 9.17) is 4.74 Å². The maximum atomic E-state index is 12.9. The summed E-state index contributed by atoms with van der Waals surface area (Å²) in [6.07, 6.45) is -4.97. The number of thiazole rings is 1. The molecule has 0 amide bonds. The topological polar surface area (TPSA) is 48.8 Å². The number of piperazine rings is 1. The number of hydrogen-bond donors (Lipinski definition) is 1. The van der Waals surface area contributed by atoms with Crippen molar-refractivity contribution in [1.82, 2.24) is 9.88 Å². The zero-order valence-corrected chi connectivity index (χ0v) is 17.0. The molecule has 0 aliphatic carbocycles. The van der Waals surface area contributed by atoms with Gasteiger partial charge in [0.05, 0.1) is 16.8 Å². The number of nitrogens with zero attached hydrogens (tertiary/aromatic N) is 3. The van der Waals surface area contributed by atoms with Gasteiger partial charge in [-0.1, -0.05) is 17.4 Å². The fraction of sp³-hybridized carbons (Fsp3) is 0.500. The number of halogens is 4. The molecule has 1 unspecified atom stereocenters. The van der Waals surface area contributed by atoms with Crippen molar-refractivity contribution < 1.29 is 23.0 Å². The molecule has 10 heteroatoms. The van der Waals surface area contributed by atoms with Crippen LogP contribution in [0.5, 0.6) is 5.06 Å². The van der Waals surface area contributed by atoms with Crippen LogP contribution in [0.2, 0.25) is 0 Å². The van der Waals surface area contributed by atoms with Crippen molar-refractivity contribution >= 4 is 29.4 Å². The van der Waals surface area contributed by atoms with E-state index in [9.17, 15) is 18.3 Å². The van der Waals surface area contributed by atoms with E-state index in [2.05, 4.69) is 9.88 Å². The molecule has 2 heterocycles. The van der Waals surface area contributed by atoms with Crippen molar-refractivity contribution in [3.63, 3.8) is 0 Å². The largest absolute Gasteiger partial charge is 0.480 e. The molecular weight excluding hydrogens is 415 g/mol. The Balaban J connectivity index is 0.00000280. The summed E-state index contributed by atoms with van der Waals surface area (Å²) in [6.45, 7) is 5.09. The van der Waals surface area contributed by atoms with Crippen molar-refractivity contribution in [2.45, 2.75) is 19.2 Å². The Morgan fingerprint density at radius 1 is 1.25 bits per heavy atom. The summed E-state index contributed by atoms with van der Waals surface area (Å²) in [7, 11) is 0. The molecule has 1 aromatic heterocycles. The number of hydrogen-bond acceptors (Lipinski definition) is 6. The number of aryl methyl sites for hydroxylation is 1. The van der Waals surface area contributed by atoms with E-state index in [1.807, 2.05) is 11.8 Å². The SMILES string of the molecule is Cc1ncsc1OCC(O)CN1CCN(c2cccc(C(F)(F)F)c2)CC1.Cl. The second-order valence-corrected chi connectivity index (χ2v) is 7.34. The summed E-state index contributed by atoms with van der Waals surface area (Å²) in [5, 5.41) is 10.9. The summed E-state index contributed by atoms with van der Waals surface area (Å²) >= 11 is 1.39. The van der Waals surface area contributed by atoms with E-state index in [0.29, 0.717) is 43.5 Å². The Labute approximate surface area is 172 Å². The monoisotopic (exact) mass is 437 g/mol. The first-order valence-corrected chi connectivity index (χ1v) is 9.56. The molecular formula is C18H23ClF3N3O2S. The number of benzene rings is 1. The van der Waals surface area contributed by atoms with Gasteiger partial charge in [0.25, 0.3) is 0 Å². The first kappa shape index (κ1) is 22.7. The maximum Gasteiger partial charge on any atom is 0.416 e. The minimum atomic E-state index is -4.33. The Morgan fingerprint density at radius 3 is 2.57 bits per heavy atom. The number of alkyl halides is 3. The first-order chi connectivity index (χ1) is 12.8. The van der Waals surface area contributed by atoms with Crippen LogP contribution in [-0.4, -0.2) is 60.4 Å². The molecule has 1 aromatic carbocycles. The lowest BCUT2D eigenvalue weighted by atomic mass is 10.1. The van der Waals surface area contributed by atoms with Gasteiger partial charge in [-0.25, -0.2) is 4.98 Å². The molecule has 0 radical (unpaired) electrons. The van der Waals surface area contributed by atoms with Crippen LogP contribution in [0.1, 0.15) is 11.3 Å². The minimum absolute atomic E-state index is 0. The van der Waals surface area contributed by atoms with E-state index < -0.39 is 17.8 Å². The van der Waals surface area contributed by atoms with Gasteiger partial charge in [-0.2, -0.15) is 13.2 Å². The highest BCUT2D eigenvalue weighted by Gasteiger charge is 2.31. The second-order valence-electron chi connectivity index (χ2n) is 6.53. The molecule has 28 heavy (non-hydrogen) atoms. The predicted molar refractivity (Wildman–Crippen MR) is 106 cm³/mol. The molecule has 0 saturated carbocycles. The third-order valence-electron chi connectivity index (χ3n) is 4.49. The summed E-state index contributed by atoms with van der Waals surface area (Å²) in [5.41, 5.74) is 2.45. The zero-order chi connectivity index (χ0) is 19.4. The molecule has 1 aliphatic heterocycles. The minimum Gasteiger partial charge on any atom is -0.480 e. The van der Waals surface area contributed by atoms with Crippen LogP contribution in [0.15, 0.2) is 29.8 Å². The standard InChI is InChI=1S/C18H22F3N3O2S.ClH/c1-13-17(27-12-22-13)26-11-16(25)10-23-5-7-24(8-6-23)15-4-2-3-14(9-15)18(19,20)21;/h2-4,9,12,16,25H,5-8,10-11H2,1H3;1H. The predicted octanol–water partition coefficient (Wildman–Crippen LogP) is 3.45. The number of aromatic nitrogens is 1. The molecule has 0 spiro atoms. The third-order valence-corrected chi connectivity index (χ3v) is 5.33. The van der Waals surface area contributed by atoms with Crippen molar-refractivity contribution in [3.8, 4) is 5.06 Å². The Kier molecular flexibility index (Phi) is 7.94. The third kappa shape index (κ3) is 5.97. The smallest absolute Gasteiger partial charge is 0.416 e. The molecule has 0 bridgehead atoms. The highest BCUT2D eigenvalue weighted by Crippen LogP contribution is 2.31. The molecule has 5 nitrogen and oxygen atoms in total. The lowest BCUT2D eigenvalue weighted by molar-refractivity contribution is -0.137. The fourth-order valence-corrected chi connectivity index (χ4v) is 3.69. The van der Waals surface area contributed by atoms with Crippen molar-refractivity contribution in [3.05, 3.63) is 41.0 Å². The molecule has 1 fully saturated rings. The quantitative estimate of drug-likeness (QED) is 0.750.